The van der Waals surface area contributed by atoms with Crippen molar-refractivity contribution in [3.63, 3.8) is 0 Å². The summed E-state index contributed by atoms with van der Waals surface area (Å²) >= 11 is 1.58. The third kappa shape index (κ3) is 4.97. The average molecular weight is 442 g/mol. The number of hydrogen-bond donors (Lipinski definition) is 0. The highest BCUT2D eigenvalue weighted by Crippen LogP contribution is 2.32. The molecular formula is C23H31N5O2S. The maximum atomic E-state index is 13.5. The molecule has 1 saturated heterocycles. The minimum atomic E-state index is -0.0881. The highest BCUT2D eigenvalue weighted by Gasteiger charge is 2.24. The molecule has 0 radical (unpaired) electrons. The molecule has 0 unspecified atom stereocenters. The Morgan fingerprint density at radius 2 is 2.03 bits per heavy atom. The molecule has 0 spiro atoms. The number of benzene rings is 1. The molecule has 0 aliphatic carbocycles. The van der Waals surface area contributed by atoms with E-state index in [9.17, 15) is 4.79 Å². The predicted octanol–water partition coefficient (Wildman–Crippen LogP) is 4.06. The zero-order valence-electron chi connectivity index (χ0n) is 18.8. The minimum Gasteiger partial charge on any atom is -0.379 e. The van der Waals surface area contributed by atoms with Gasteiger partial charge in [0, 0.05) is 38.4 Å². The zero-order chi connectivity index (χ0) is 22.0. The number of fused-ring (bicyclic) bond motifs is 1. The number of morpholine rings is 1. The number of rotatable bonds is 7. The van der Waals surface area contributed by atoms with Crippen LogP contribution in [-0.4, -0.2) is 65.0 Å². The van der Waals surface area contributed by atoms with Crippen molar-refractivity contribution in [3.8, 4) is 0 Å². The van der Waals surface area contributed by atoms with Gasteiger partial charge in [-0.15, -0.1) is 0 Å². The average Bonchev–Trinajstić information content (AvgIpc) is 3.39. The fourth-order valence-corrected chi connectivity index (χ4v) is 5.08. The summed E-state index contributed by atoms with van der Waals surface area (Å²) in [6.07, 6.45) is 2.75. The van der Waals surface area contributed by atoms with Gasteiger partial charge in [0.05, 0.1) is 23.4 Å². The number of nitrogens with zero attached hydrogens (tertiary/aromatic N) is 5. The molecule has 2 aromatic heterocycles. The van der Waals surface area contributed by atoms with E-state index in [1.165, 1.54) is 5.56 Å². The lowest BCUT2D eigenvalue weighted by Crippen LogP contribution is -2.39. The van der Waals surface area contributed by atoms with E-state index in [2.05, 4.69) is 49.8 Å². The van der Waals surface area contributed by atoms with Crippen LogP contribution in [0, 0.1) is 13.8 Å². The lowest BCUT2D eigenvalue weighted by Gasteiger charge is -2.27. The van der Waals surface area contributed by atoms with E-state index >= 15 is 0 Å². The van der Waals surface area contributed by atoms with Crippen LogP contribution < -0.4 is 4.90 Å². The molecule has 8 heteroatoms. The second-order valence-corrected chi connectivity index (χ2v) is 9.47. The lowest BCUT2D eigenvalue weighted by atomic mass is 10.1. The Bertz CT molecular complexity index is 1050. The van der Waals surface area contributed by atoms with Crippen molar-refractivity contribution in [2.75, 3.05) is 44.3 Å². The standard InChI is InChI=1S/C23H31N5O2S/c1-16(2)28-9-6-19(25-28)22(29)27(8-5-7-26-10-12-30-13-11-26)23-24-21-18(4)14-17(3)15-20(21)31-23/h6,9,14-16H,5,7-8,10-13H2,1-4H3. The Morgan fingerprint density at radius 3 is 2.74 bits per heavy atom. The van der Waals surface area contributed by atoms with E-state index in [0.717, 1.165) is 60.2 Å². The molecule has 0 atom stereocenters. The molecule has 0 saturated carbocycles. The summed E-state index contributed by atoms with van der Waals surface area (Å²) in [7, 11) is 0. The number of hydrogen-bond acceptors (Lipinski definition) is 6. The normalized spacial score (nSPS) is 15.1. The topological polar surface area (TPSA) is 63.5 Å². The maximum absolute atomic E-state index is 13.5. The lowest BCUT2D eigenvalue weighted by molar-refractivity contribution is 0.0376. The number of ether oxygens (including phenoxy) is 1. The van der Waals surface area contributed by atoms with Gasteiger partial charge in [-0.05, 0) is 57.4 Å². The first-order valence-corrected chi connectivity index (χ1v) is 11.8. The molecule has 1 aromatic carbocycles. The van der Waals surface area contributed by atoms with Crippen LogP contribution in [0.25, 0.3) is 10.2 Å². The maximum Gasteiger partial charge on any atom is 0.280 e. The van der Waals surface area contributed by atoms with Crippen LogP contribution in [0.4, 0.5) is 5.13 Å². The second kappa shape index (κ2) is 9.46. The Balaban J connectivity index is 1.59. The van der Waals surface area contributed by atoms with Gasteiger partial charge in [-0.3, -0.25) is 19.3 Å². The van der Waals surface area contributed by atoms with Gasteiger partial charge in [0.25, 0.3) is 5.91 Å². The Labute approximate surface area is 187 Å². The summed E-state index contributed by atoms with van der Waals surface area (Å²) in [4.78, 5) is 22.5. The molecule has 166 valence electrons. The Morgan fingerprint density at radius 1 is 1.26 bits per heavy atom. The van der Waals surface area contributed by atoms with Crippen LogP contribution in [0.15, 0.2) is 24.4 Å². The number of amides is 1. The summed E-state index contributed by atoms with van der Waals surface area (Å²) < 4.78 is 8.38. The SMILES string of the molecule is Cc1cc(C)c2nc(N(CCCN3CCOCC3)C(=O)c3ccn(C(C)C)n3)sc2c1. The van der Waals surface area contributed by atoms with Gasteiger partial charge in [-0.25, -0.2) is 4.98 Å². The van der Waals surface area contributed by atoms with Gasteiger partial charge in [0.2, 0.25) is 0 Å². The molecule has 3 heterocycles. The molecule has 1 fully saturated rings. The minimum absolute atomic E-state index is 0.0881. The van der Waals surface area contributed by atoms with E-state index < -0.39 is 0 Å². The van der Waals surface area contributed by atoms with Gasteiger partial charge < -0.3 is 4.74 Å². The van der Waals surface area contributed by atoms with Crippen LogP contribution in [0.2, 0.25) is 0 Å². The third-order valence-electron chi connectivity index (χ3n) is 5.61. The van der Waals surface area contributed by atoms with E-state index in [1.54, 1.807) is 17.4 Å². The largest absolute Gasteiger partial charge is 0.379 e. The zero-order valence-corrected chi connectivity index (χ0v) is 19.6. The molecule has 4 rings (SSSR count). The molecule has 1 aliphatic rings. The van der Waals surface area contributed by atoms with Crippen LogP contribution >= 0.6 is 11.3 Å². The summed E-state index contributed by atoms with van der Waals surface area (Å²) in [5.74, 6) is -0.0881. The first kappa shape index (κ1) is 21.9. The third-order valence-corrected chi connectivity index (χ3v) is 6.64. The summed E-state index contributed by atoms with van der Waals surface area (Å²) in [5.41, 5.74) is 3.79. The van der Waals surface area contributed by atoms with Crippen molar-refractivity contribution in [3.05, 3.63) is 41.2 Å². The summed E-state index contributed by atoms with van der Waals surface area (Å²) in [6.45, 7) is 13.3. The van der Waals surface area contributed by atoms with Gasteiger partial charge in [-0.1, -0.05) is 17.4 Å². The fourth-order valence-electron chi connectivity index (χ4n) is 3.91. The Kier molecular flexibility index (Phi) is 6.69. The van der Waals surface area contributed by atoms with Crippen LogP contribution in [-0.2, 0) is 4.74 Å². The number of carbonyl (C=O) groups is 1. The highest BCUT2D eigenvalue weighted by atomic mass is 32.1. The molecule has 7 nitrogen and oxygen atoms in total. The monoisotopic (exact) mass is 441 g/mol. The predicted molar refractivity (Wildman–Crippen MR) is 125 cm³/mol. The van der Waals surface area contributed by atoms with Gasteiger partial charge in [0.15, 0.2) is 10.8 Å². The second-order valence-electron chi connectivity index (χ2n) is 8.46. The number of anilines is 1. The van der Waals surface area contributed by atoms with Crippen molar-refractivity contribution in [1.82, 2.24) is 19.7 Å². The molecule has 1 aliphatic heterocycles. The van der Waals surface area contributed by atoms with Crippen molar-refractivity contribution < 1.29 is 9.53 Å². The van der Waals surface area contributed by atoms with E-state index in [-0.39, 0.29) is 11.9 Å². The molecule has 0 bridgehead atoms. The van der Waals surface area contributed by atoms with Crippen molar-refractivity contribution in [2.24, 2.45) is 0 Å². The smallest absolute Gasteiger partial charge is 0.280 e. The summed E-state index contributed by atoms with van der Waals surface area (Å²) in [5, 5.41) is 5.26. The molecule has 1 amide bonds. The number of carbonyl (C=O) groups excluding carboxylic acids is 1. The summed E-state index contributed by atoms with van der Waals surface area (Å²) in [6, 6.07) is 6.30. The van der Waals surface area contributed by atoms with Crippen molar-refractivity contribution in [1.29, 1.82) is 0 Å². The fraction of sp³-hybridized carbons (Fsp3) is 0.522. The Hall–Kier alpha value is -2.29. The first-order chi connectivity index (χ1) is 14.9. The van der Waals surface area contributed by atoms with Gasteiger partial charge >= 0.3 is 0 Å². The van der Waals surface area contributed by atoms with Gasteiger partial charge in [0.1, 0.15) is 0 Å². The molecule has 0 N–H and O–H groups in total. The van der Waals surface area contributed by atoms with E-state index in [1.807, 2.05) is 15.8 Å². The van der Waals surface area contributed by atoms with Crippen LogP contribution in [0.1, 0.15) is 47.9 Å². The molecule has 31 heavy (non-hydrogen) atoms. The highest BCUT2D eigenvalue weighted by molar-refractivity contribution is 7.22. The van der Waals surface area contributed by atoms with Crippen LogP contribution in [0.3, 0.4) is 0 Å². The van der Waals surface area contributed by atoms with Crippen molar-refractivity contribution in [2.45, 2.75) is 40.2 Å². The number of aromatic nitrogens is 3. The quantitative estimate of drug-likeness (QED) is 0.553. The molecular weight excluding hydrogens is 410 g/mol. The number of aryl methyl sites for hydroxylation is 2. The first-order valence-electron chi connectivity index (χ1n) is 11.0. The van der Waals surface area contributed by atoms with Gasteiger partial charge in [-0.2, -0.15) is 5.10 Å². The van der Waals surface area contributed by atoms with E-state index in [4.69, 9.17) is 9.72 Å². The van der Waals surface area contributed by atoms with Crippen LogP contribution in [0.5, 0.6) is 0 Å². The molecule has 3 aromatic rings. The van der Waals surface area contributed by atoms with E-state index in [0.29, 0.717) is 12.2 Å². The number of thiazole rings is 1. The van der Waals surface area contributed by atoms with Crippen molar-refractivity contribution >= 4 is 32.6 Å².